The van der Waals surface area contributed by atoms with Crippen molar-refractivity contribution in [3.05, 3.63) is 66.0 Å². The Kier molecular flexibility index (Phi) is 5.19. The second-order valence-electron chi connectivity index (χ2n) is 8.52. The van der Waals surface area contributed by atoms with Crippen LogP contribution in [0.25, 0.3) is 5.69 Å². The molecule has 2 fully saturated rings. The number of aromatic nitrogens is 3. The van der Waals surface area contributed by atoms with Crippen LogP contribution in [-0.4, -0.2) is 52.5 Å². The monoisotopic (exact) mass is 417 g/mol. The molecule has 7 nitrogen and oxygen atoms in total. The summed E-state index contributed by atoms with van der Waals surface area (Å²) in [6.07, 6.45) is 6.62. The van der Waals surface area contributed by atoms with Crippen LogP contribution < -0.4 is 10.1 Å². The minimum Gasteiger partial charge on any atom is -0.497 e. The number of likely N-dealkylation sites (tertiary alicyclic amines) is 1. The third-order valence-electron chi connectivity index (χ3n) is 6.43. The summed E-state index contributed by atoms with van der Waals surface area (Å²) in [7, 11) is 1.62. The van der Waals surface area contributed by atoms with Gasteiger partial charge in [-0.15, -0.1) is 5.10 Å². The van der Waals surface area contributed by atoms with Crippen LogP contribution in [0.3, 0.4) is 0 Å². The van der Waals surface area contributed by atoms with Gasteiger partial charge in [-0.1, -0.05) is 17.3 Å². The fourth-order valence-electron chi connectivity index (χ4n) is 4.46. The number of ether oxygens (including phenoxy) is 1. The molecule has 1 N–H and O–H groups in total. The fourth-order valence-corrected chi connectivity index (χ4v) is 4.46. The molecule has 7 heteroatoms. The highest BCUT2D eigenvalue weighted by atomic mass is 16.5. The fraction of sp³-hybridized carbons (Fsp3) is 0.375. The van der Waals surface area contributed by atoms with Gasteiger partial charge in [0.05, 0.1) is 19.0 Å². The lowest BCUT2D eigenvalue weighted by molar-refractivity contribution is 0.101. The van der Waals surface area contributed by atoms with Gasteiger partial charge in [0.2, 0.25) is 0 Å². The van der Waals surface area contributed by atoms with Gasteiger partial charge in [0.15, 0.2) is 5.69 Å². The molecule has 5 rings (SSSR count). The van der Waals surface area contributed by atoms with Crippen LogP contribution in [0.15, 0.2) is 54.7 Å². The van der Waals surface area contributed by atoms with Crippen molar-refractivity contribution in [2.75, 3.05) is 32.1 Å². The molecule has 160 valence electrons. The van der Waals surface area contributed by atoms with E-state index in [2.05, 4.69) is 32.7 Å². The molecule has 3 aromatic rings. The van der Waals surface area contributed by atoms with Crippen molar-refractivity contribution in [2.24, 2.45) is 0 Å². The summed E-state index contributed by atoms with van der Waals surface area (Å²) in [6, 6.07) is 15.7. The van der Waals surface area contributed by atoms with Gasteiger partial charge in [-0.2, -0.15) is 0 Å². The Balaban J connectivity index is 1.28. The Hall–Kier alpha value is -3.19. The van der Waals surface area contributed by atoms with Crippen LogP contribution in [-0.2, 0) is 5.41 Å². The van der Waals surface area contributed by atoms with Crippen LogP contribution in [0.5, 0.6) is 5.75 Å². The first-order valence-electron chi connectivity index (χ1n) is 10.9. The largest absolute Gasteiger partial charge is 0.497 e. The summed E-state index contributed by atoms with van der Waals surface area (Å²) in [4.78, 5) is 15.5. The van der Waals surface area contributed by atoms with E-state index >= 15 is 0 Å². The van der Waals surface area contributed by atoms with Crippen molar-refractivity contribution in [1.29, 1.82) is 0 Å². The van der Waals surface area contributed by atoms with Crippen LogP contribution in [0.4, 0.5) is 5.69 Å². The van der Waals surface area contributed by atoms with Gasteiger partial charge >= 0.3 is 0 Å². The van der Waals surface area contributed by atoms with Crippen molar-refractivity contribution in [3.63, 3.8) is 0 Å². The summed E-state index contributed by atoms with van der Waals surface area (Å²) in [5, 5.41) is 11.0. The molecule has 1 saturated carbocycles. The van der Waals surface area contributed by atoms with E-state index in [1.807, 2.05) is 36.4 Å². The van der Waals surface area contributed by atoms with E-state index in [-0.39, 0.29) is 5.91 Å². The summed E-state index contributed by atoms with van der Waals surface area (Å²) >= 11 is 0. The number of nitrogens with one attached hydrogen (secondary N) is 1. The Labute approximate surface area is 182 Å². The van der Waals surface area contributed by atoms with E-state index in [1.165, 1.54) is 55.2 Å². The zero-order valence-electron chi connectivity index (χ0n) is 17.8. The summed E-state index contributed by atoms with van der Waals surface area (Å²) in [6.45, 7) is 3.61. The lowest BCUT2D eigenvalue weighted by Gasteiger charge is -2.23. The highest BCUT2D eigenvalue weighted by Gasteiger charge is 2.45. The van der Waals surface area contributed by atoms with E-state index in [4.69, 9.17) is 4.74 Å². The molecule has 1 amide bonds. The molecular weight excluding hydrogens is 390 g/mol. The first kappa shape index (κ1) is 19.8. The molecule has 1 saturated heterocycles. The minimum atomic E-state index is -0.244. The van der Waals surface area contributed by atoms with E-state index in [1.54, 1.807) is 7.11 Å². The van der Waals surface area contributed by atoms with Gasteiger partial charge in [-0.3, -0.25) is 4.79 Å². The van der Waals surface area contributed by atoms with Crippen molar-refractivity contribution < 1.29 is 9.53 Å². The standard InChI is InChI=1S/C24H27N5O2/c1-31-21-10-8-20(9-11-21)29-22(16-25-27-29)23(30)26-19-6-4-18(5-7-19)24(12-13-24)17-28-14-2-3-15-28/h4-11,16H,2-3,12-15,17H2,1H3,(H,26,30). The number of carbonyl (C=O) groups excluding carboxylic acids is 1. The van der Waals surface area contributed by atoms with Gasteiger partial charge in [-0.05, 0) is 80.7 Å². The molecular formula is C24H27N5O2. The molecule has 2 aliphatic rings. The Bertz CT molecular complexity index is 1050. The molecule has 2 heterocycles. The number of anilines is 1. The van der Waals surface area contributed by atoms with E-state index in [0.717, 1.165) is 23.7 Å². The maximum atomic E-state index is 12.9. The number of amides is 1. The predicted octanol–water partition coefficient (Wildman–Crippen LogP) is 3.66. The van der Waals surface area contributed by atoms with E-state index < -0.39 is 0 Å². The number of hydrogen-bond acceptors (Lipinski definition) is 5. The minimum absolute atomic E-state index is 0.244. The van der Waals surface area contributed by atoms with Crippen molar-refractivity contribution >= 4 is 11.6 Å². The number of rotatable bonds is 7. The molecule has 1 aliphatic carbocycles. The van der Waals surface area contributed by atoms with Crippen LogP contribution in [0, 0.1) is 0 Å². The number of nitrogens with zero attached hydrogens (tertiary/aromatic N) is 4. The van der Waals surface area contributed by atoms with Gasteiger partial charge in [0.25, 0.3) is 5.91 Å². The first-order chi connectivity index (χ1) is 15.2. The second-order valence-corrected chi connectivity index (χ2v) is 8.52. The average Bonchev–Trinajstić information content (AvgIpc) is 3.18. The molecule has 0 radical (unpaired) electrons. The highest BCUT2D eigenvalue weighted by Crippen LogP contribution is 2.49. The maximum Gasteiger partial charge on any atom is 0.276 e. The lowest BCUT2D eigenvalue weighted by Crippen LogP contribution is -2.30. The summed E-state index contributed by atoms with van der Waals surface area (Å²) < 4.78 is 6.72. The predicted molar refractivity (Wildman–Crippen MR) is 119 cm³/mol. The number of carbonyl (C=O) groups is 1. The summed E-state index contributed by atoms with van der Waals surface area (Å²) in [5.41, 5.74) is 3.58. The number of benzene rings is 2. The topological polar surface area (TPSA) is 72.3 Å². The van der Waals surface area contributed by atoms with Crippen molar-refractivity contribution in [3.8, 4) is 11.4 Å². The van der Waals surface area contributed by atoms with Gasteiger partial charge in [0.1, 0.15) is 5.75 Å². The quantitative estimate of drug-likeness (QED) is 0.635. The molecule has 1 aliphatic heterocycles. The number of hydrogen-bond donors (Lipinski definition) is 1. The smallest absolute Gasteiger partial charge is 0.276 e. The molecule has 31 heavy (non-hydrogen) atoms. The molecule has 2 aromatic carbocycles. The van der Waals surface area contributed by atoms with E-state index in [0.29, 0.717) is 11.1 Å². The third kappa shape index (κ3) is 4.05. The van der Waals surface area contributed by atoms with Gasteiger partial charge < -0.3 is 15.0 Å². The average molecular weight is 418 g/mol. The summed E-state index contributed by atoms with van der Waals surface area (Å²) in [5.74, 6) is 0.500. The van der Waals surface area contributed by atoms with Crippen LogP contribution >= 0.6 is 0 Å². The van der Waals surface area contributed by atoms with E-state index in [9.17, 15) is 4.79 Å². The molecule has 0 atom stereocenters. The van der Waals surface area contributed by atoms with Gasteiger partial charge in [-0.25, -0.2) is 4.68 Å². The molecule has 0 bridgehead atoms. The van der Waals surface area contributed by atoms with Crippen molar-refractivity contribution in [1.82, 2.24) is 19.9 Å². The molecule has 0 unspecified atom stereocenters. The van der Waals surface area contributed by atoms with Crippen LogP contribution in [0.1, 0.15) is 41.7 Å². The first-order valence-corrected chi connectivity index (χ1v) is 10.9. The third-order valence-corrected chi connectivity index (χ3v) is 6.43. The Morgan fingerprint density at radius 1 is 1.06 bits per heavy atom. The van der Waals surface area contributed by atoms with Gasteiger partial charge in [0, 0.05) is 17.6 Å². The zero-order valence-corrected chi connectivity index (χ0v) is 17.8. The van der Waals surface area contributed by atoms with Crippen LogP contribution in [0.2, 0.25) is 0 Å². The Morgan fingerprint density at radius 2 is 1.77 bits per heavy atom. The highest BCUT2D eigenvalue weighted by molar-refractivity contribution is 6.03. The van der Waals surface area contributed by atoms with Crippen molar-refractivity contribution in [2.45, 2.75) is 31.1 Å². The number of methoxy groups -OCH3 is 1. The molecule has 0 spiro atoms. The maximum absolute atomic E-state index is 12.9. The Morgan fingerprint density at radius 3 is 2.42 bits per heavy atom. The SMILES string of the molecule is COc1ccc(-n2nncc2C(=O)Nc2ccc(C3(CN4CCCC4)CC3)cc2)cc1. The second kappa shape index (κ2) is 8.15. The normalized spacial score (nSPS) is 17.5. The lowest BCUT2D eigenvalue weighted by atomic mass is 9.95. The molecule has 1 aromatic heterocycles. The zero-order chi connectivity index (χ0) is 21.3.